The average molecular weight is 366 g/mol. The normalized spacial score (nSPS) is 18.3. The lowest BCUT2D eigenvalue weighted by Crippen LogP contribution is -2.38. The van der Waals surface area contributed by atoms with Crippen LogP contribution in [-0.2, 0) is 0 Å². The molecular formula is C23H47N3. The second-order valence-electron chi connectivity index (χ2n) is 8.02. The van der Waals surface area contributed by atoms with Gasteiger partial charge in [0, 0.05) is 26.2 Å². The van der Waals surface area contributed by atoms with E-state index < -0.39 is 0 Å². The van der Waals surface area contributed by atoms with Crippen molar-refractivity contribution in [3.05, 3.63) is 12.2 Å². The number of allylic oxidation sites excluding steroid dienone is 2. The Kier molecular flexibility index (Phi) is 16.4. The highest BCUT2D eigenvalue weighted by atomic mass is 15.3. The van der Waals surface area contributed by atoms with Crippen molar-refractivity contribution < 1.29 is 0 Å². The van der Waals surface area contributed by atoms with Crippen molar-refractivity contribution in [2.75, 3.05) is 26.2 Å². The molecule has 0 radical (unpaired) electrons. The molecule has 0 aromatic rings. The molecule has 1 fully saturated rings. The molecule has 1 heterocycles. The number of hydrogen-bond donors (Lipinski definition) is 2. The Morgan fingerprint density at radius 2 is 1.42 bits per heavy atom. The largest absolute Gasteiger partial charge is 0.329 e. The average Bonchev–Trinajstić information content (AvgIpc) is 3.09. The third-order valence-electron chi connectivity index (χ3n) is 5.63. The lowest BCUT2D eigenvalue weighted by atomic mass is 10.1. The molecule has 0 amide bonds. The second-order valence-corrected chi connectivity index (χ2v) is 8.02. The van der Waals surface area contributed by atoms with Crippen molar-refractivity contribution >= 4 is 0 Å². The van der Waals surface area contributed by atoms with Crippen LogP contribution in [0.25, 0.3) is 0 Å². The van der Waals surface area contributed by atoms with Gasteiger partial charge in [-0.3, -0.25) is 4.90 Å². The first kappa shape index (κ1) is 23.7. The molecule has 1 unspecified atom stereocenters. The first-order valence-corrected chi connectivity index (χ1v) is 11.7. The molecule has 0 saturated carbocycles. The van der Waals surface area contributed by atoms with Gasteiger partial charge in [0.2, 0.25) is 0 Å². The monoisotopic (exact) mass is 365 g/mol. The van der Waals surface area contributed by atoms with Crippen molar-refractivity contribution in [3.63, 3.8) is 0 Å². The Balaban J connectivity index is 1.78. The molecule has 0 aromatic carbocycles. The fourth-order valence-electron chi connectivity index (χ4n) is 3.96. The summed E-state index contributed by atoms with van der Waals surface area (Å²) in [5.41, 5.74) is 5.69. The van der Waals surface area contributed by atoms with E-state index in [9.17, 15) is 0 Å². The van der Waals surface area contributed by atoms with Gasteiger partial charge in [-0.2, -0.15) is 0 Å². The van der Waals surface area contributed by atoms with Crippen LogP contribution in [0.15, 0.2) is 12.2 Å². The van der Waals surface area contributed by atoms with E-state index in [1.54, 1.807) is 0 Å². The van der Waals surface area contributed by atoms with E-state index >= 15 is 0 Å². The molecule has 1 rings (SSSR count). The first-order valence-electron chi connectivity index (χ1n) is 11.7. The van der Waals surface area contributed by atoms with E-state index in [1.165, 1.54) is 103 Å². The zero-order chi connectivity index (χ0) is 18.7. The summed E-state index contributed by atoms with van der Waals surface area (Å²) in [4.78, 5) is 2.51. The van der Waals surface area contributed by atoms with Gasteiger partial charge in [0.15, 0.2) is 0 Å². The van der Waals surface area contributed by atoms with E-state index in [0.717, 1.165) is 19.6 Å². The van der Waals surface area contributed by atoms with Crippen LogP contribution in [-0.4, -0.2) is 37.2 Å². The molecule has 1 atom stereocenters. The molecule has 3 nitrogen and oxygen atoms in total. The van der Waals surface area contributed by atoms with E-state index in [1.807, 2.05) is 0 Å². The third-order valence-corrected chi connectivity index (χ3v) is 5.63. The molecule has 1 aliphatic rings. The van der Waals surface area contributed by atoms with Crippen LogP contribution < -0.4 is 11.1 Å². The lowest BCUT2D eigenvalue weighted by Gasteiger charge is -2.23. The van der Waals surface area contributed by atoms with Gasteiger partial charge in [-0.15, -0.1) is 0 Å². The van der Waals surface area contributed by atoms with Crippen molar-refractivity contribution in [2.24, 2.45) is 5.73 Å². The Morgan fingerprint density at radius 1 is 0.846 bits per heavy atom. The number of nitrogens with one attached hydrogen (secondary N) is 1. The van der Waals surface area contributed by atoms with Gasteiger partial charge in [0.05, 0.1) is 6.17 Å². The molecule has 3 N–H and O–H groups in total. The van der Waals surface area contributed by atoms with Crippen LogP contribution in [0.2, 0.25) is 0 Å². The van der Waals surface area contributed by atoms with Crippen LogP contribution in [0, 0.1) is 0 Å². The first-order chi connectivity index (χ1) is 12.9. The fraction of sp³-hybridized carbons (Fsp3) is 0.913. The lowest BCUT2D eigenvalue weighted by molar-refractivity contribution is 0.231. The molecule has 1 saturated heterocycles. The molecule has 154 valence electrons. The van der Waals surface area contributed by atoms with Crippen LogP contribution in [0.4, 0.5) is 0 Å². The van der Waals surface area contributed by atoms with Crippen LogP contribution in [0.3, 0.4) is 0 Å². The second kappa shape index (κ2) is 18.0. The smallest absolute Gasteiger partial charge is 0.0598 e. The summed E-state index contributed by atoms with van der Waals surface area (Å²) < 4.78 is 0. The zero-order valence-electron chi connectivity index (χ0n) is 17.7. The summed E-state index contributed by atoms with van der Waals surface area (Å²) in [6.45, 7) is 6.43. The van der Waals surface area contributed by atoms with Gasteiger partial charge in [0.25, 0.3) is 0 Å². The van der Waals surface area contributed by atoms with Crippen molar-refractivity contribution in [1.82, 2.24) is 10.2 Å². The summed E-state index contributed by atoms with van der Waals surface area (Å²) in [5, 5.41) is 3.61. The molecule has 3 heteroatoms. The topological polar surface area (TPSA) is 41.3 Å². The minimum absolute atomic E-state index is 0.593. The van der Waals surface area contributed by atoms with E-state index in [4.69, 9.17) is 5.73 Å². The SMILES string of the molecule is CCCCCCCC/C=C\CCCCCCCCC1NCCN1CCN. The van der Waals surface area contributed by atoms with Gasteiger partial charge in [-0.1, -0.05) is 83.3 Å². The highest BCUT2D eigenvalue weighted by molar-refractivity contribution is 4.81. The highest BCUT2D eigenvalue weighted by Crippen LogP contribution is 2.14. The van der Waals surface area contributed by atoms with Crippen molar-refractivity contribution in [2.45, 2.75) is 109 Å². The summed E-state index contributed by atoms with van der Waals surface area (Å²) in [6, 6.07) is 0. The molecule has 0 aromatic heterocycles. The number of rotatable bonds is 18. The van der Waals surface area contributed by atoms with Crippen LogP contribution in [0.5, 0.6) is 0 Å². The predicted molar refractivity (Wildman–Crippen MR) is 116 cm³/mol. The molecule has 26 heavy (non-hydrogen) atoms. The van der Waals surface area contributed by atoms with E-state index in [0.29, 0.717) is 6.17 Å². The summed E-state index contributed by atoms with van der Waals surface area (Å²) >= 11 is 0. The standard InChI is InChI=1S/C23H47N3/c1-2-3-4-5-6-7-8-9-10-11-12-13-14-15-16-17-18-23-25-20-22-26(23)21-19-24/h9-10,23,25H,2-8,11-22,24H2,1H3/b10-9-. The highest BCUT2D eigenvalue weighted by Gasteiger charge is 2.21. The Morgan fingerprint density at radius 3 is 2.04 bits per heavy atom. The number of hydrogen-bond acceptors (Lipinski definition) is 3. The quantitative estimate of drug-likeness (QED) is 0.245. The molecular weight excluding hydrogens is 318 g/mol. The predicted octanol–water partition coefficient (Wildman–Crippen LogP) is 5.60. The van der Waals surface area contributed by atoms with Crippen molar-refractivity contribution in [3.8, 4) is 0 Å². The summed E-state index contributed by atoms with van der Waals surface area (Å²) in [7, 11) is 0. The maximum absolute atomic E-state index is 5.69. The van der Waals surface area contributed by atoms with Gasteiger partial charge >= 0.3 is 0 Å². The zero-order valence-corrected chi connectivity index (χ0v) is 17.7. The minimum atomic E-state index is 0.593. The summed E-state index contributed by atoms with van der Waals surface area (Å²) in [5.74, 6) is 0. The molecule has 1 aliphatic heterocycles. The van der Waals surface area contributed by atoms with E-state index in [2.05, 4.69) is 29.3 Å². The van der Waals surface area contributed by atoms with Crippen molar-refractivity contribution in [1.29, 1.82) is 0 Å². The minimum Gasteiger partial charge on any atom is -0.329 e. The maximum Gasteiger partial charge on any atom is 0.0598 e. The van der Waals surface area contributed by atoms with Gasteiger partial charge in [0.1, 0.15) is 0 Å². The van der Waals surface area contributed by atoms with Crippen LogP contribution in [0.1, 0.15) is 103 Å². The van der Waals surface area contributed by atoms with Gasteiger partial charge in [-0.25, -0.2) is 0 Å². The number of nitrogens with zero attached hydrogens (tertiary/aromatic N) is 1. The molecule has 0 aliphatic carbocycles. The Hall–Kier alpha value is -0.380. The third kappa shape index (κ3) is 12.9. The van der Waals surface area contributed by atoms with Gasteiger partial charge in [-0.05, 0) is 32.1 Å². The molecule has 0 spiro atoms. The maximum atomic E-state index is 5.69. The Bertz CT molecular complexity index is 317. The van der Waals surface area contributed by atoms with Crippen LogP contribution >= 0.6 is 0 Å². The number of unbranched alkanes of at least 4 members (excludes halogenated alkanes) is 12. The summed E-state index contributed by atoms with van der Waals surface area (Å²) in [6.07, 6.45) is 26.1. The number of nitrogens with two attached hydrogens (primary N) is 1. The molecule has 0 bridgehead atoms. The Labute approximate surface area is 164 Å². The van der Waals surface area contributed by atoms with Gasteiger partial charge < -0.3 is 11.1 Å². The fourth-order valence-corrected chi connectivity index (χ4v) is 3.96. The van der Waals surface area contributed by atoms with E-state index in [-0.39, 0.29) is 0 Å².